The van der Waals surface area contributed by atoms with Gasteiger partial charge in [-0.25, -0.2) is 0 Å². The van der Waals surface area contributed by atoms with Gasteiger partial charge in [0.2, 0.25) is 0 Å². The zero-order valence-corrected chi connectivity index (χ0v) is 13.6. The molecule has 0 aromatic heterocycles. The molecule has 0 amide bonds. The third-order valence-corrected chi connectivity index (χ3v) is 3.61. The summed E-state index contributed by atoms with van der Waals surface area (Å²) in [6.07, 6.45) is 8.60. The van der Waals surface area contributed by atoms with Crippen LogP contribution in [-0.2, 0) is 6.61 Å². The van der Waals surface area contributed by atoms with Crippen LogP contribution in [0, 0.1) is 5.92 Å². The molecule has 22 heavy (non-hydrogen) atoms. The summed E-state index contributed by atoms with van der Waals surface area (Å²) in [6.45, 7) is 11.2. The Balaban J connectivity index is 0.000000541. The van der Waals surface area contributed by atoms with Crippen LogP contribution < -0.4 is 5.73 Å². The van der Waals surface area contributed by atoms with Crippen LogP contribution in [0.2, 0.25) is 0 Å². The van der Waals surface area contributed by atoms with Crippen LogP contribution in [-0.4, -0.2) is 11.1 Å². The highest BCUT2D eigenvalue weighted by Crippen LogP contribution is 2.29. The molecule has 1 unspecified atom stereocenters. The van der Waals surface area contributed by atoms with Crippen LogP contribution in [0.15, 0.2) is 67.3 Å². The van der Waals surface area contributed by atoms with Crippen molar-refractivity contribution in [1.29, 1.82) is 0 Å². The van der Waals surface area contributed by atoms with E-state index in [-0.39, 0.29) is 12.6 Å². The molecule has 0 fully saturated rings. The number of hydrogen-bond donors (Lipinski definition) is 2. The largest absolute Gasteiger partial charge is 0.392 e. The Hall–Kier alpha value is -1.90. The maximum atomic E-state index is 9.20. The second kappa shape index (κ2) is 9.19. The first-order valence-electron chi connectivity index (χ1n) is 7.64. The molecule has 118 valence electrons. The molecular weight excluding hydrogens is 270 g/mol. The van der Waals surface area contributed by atoms with Crippen molar-refractivity contribution in [3.8, 4) is 0 Å². The molecule has 1 aromatic rings. The summed E-state index contributed by atoms with van der Waals surface area (Å²) in [7, 11) is 0. The molecule has 2 rings (SSSR count). The molecule has 0 aliphatic heterocycles. The first kappa shape index (κ1) is 18.1. The lowest BCUT2D eigenvalue weighted by Gasteiger charge is -2.22. The molecule has 1 atom stereocenters. The molecular formula is C20H27NO. The number of aliphatic hydroxyl groups is 1. The van der Waals surface area contributed by atoms with E-state index in [9.17, 15) is 5.11 Å². The van der Waals surface area contributed by atoms with E-state index < -0.39 is 0 Å². The van der Waals surface area contributed by atoms with Gasteiger partial charge in [-0.3, -0.25) is 0 Å². The van der Waals surface area contributed by atoms with Gasteiger partial charge < -0.3 is 10.8 Å². The van der Waals surface area contributed by atoms with Crippen LogP contribution in [0.25, 0.3) is 5.57 Å². The Bertz CT molecular complexity index is 561. The third-order valence-electron chi connectivity index (χ3n) is 3.61. The predicted molar refractivity (Wildman–Crippen MR) is 96.2 cm³/mol. The molecule has 2 nitrogen and oxygen atoms in total. The van der Waals surface area contributed by atoms with Crippen molar-refractivity contribution >= 4 is 5.57 Å². The van der Waals surface area contributed by atoms with Gasteiger partial charge in [-0.2, -0.15) is 0 Å². The van der Waals surface area contributed by atoms with Gasteiger partial charge in [-0.05, 0) is 40.7 Å². The van der Waals surface area contributed by atoms with Crippen molar-refractivity contribution in [1.82, 2.24) is 0 Å². The van der Waals surface area contributed by atoms with E-state index >= 15 is 0 Å². The van der Waals surface area contributed by atoms with Gasteiger partial charge in [-0.15, -0.1) is 0 Å². The SMILES string of the molecule is C=CC=C.CC(C)C1=CCC(N)C(c2cccc(CO)c2)=C1. The van der Waals surface area contributed by atoms with Crippen LogP contribution in [0.1, 0.15) is 31.4 Å². The van der Waals surface area contributed by atoms with Crippen molar-refractivity contribution in [3.05, 3.63) is 78.4 Å². The normalized spacial score (nSPS) is 17.0. The lowest BCUT2D eigenvalue weighted by molar-refractivity contribution is 0.282. The monoisotopic (exact) mass is 297 g/mol. The molecule has 0 bridgehead atoms. The van der Waals surface area contributed by atoms with Crippen molar-refractivity contribution < 1.29 is 5.11 Å². The minimum absolute atomic E-state index is 0.0569. The topological polar surface area (TPSA) is 46.2 Å². The lowest BCUT2D eigenvalue weighted by Crippen LogP contribution is -2.24. The smallest absolute Gasteiger partial charge is 0.0682 e. The number of nitrogens with two attached hydrogens (primary N) is 1. The fourth-order valence-electron chi connectivity index (χ4n) is 2.28. The summed E-state index contributed by atoms with van der Waals surface area (Å²) in [5.74, 6) is 0.522. The van der Waals surface area contributed by atoms with Crippen molar-refractivity contribution in [2.45, 2.75) is 32.9 Å². The molecule has 0 radical (unpaired) electrons. The van der Waals surface area contributed by atoms with Crippen molar-refractivity contribution in [2.75, 3.05) is 0 Å². The summed E-state index contributed by atoms with van der Waals surface area (Å²) in [5.41, 5.74) is 10.8. The van der Waals surface area contributed by atoms with E-state index in [0.29, 0.717) is 5.92 Å². The van der Waals surface area contributed by atoms with E-state index in [1.165, 1.54) is 11.1 Å². The molecule has 2 heteroatoms. The Morgan fingerprint density at radius 3 is 2.55 bits per heavy atom. The van der Waals surface area contributed by atoms with Gasteiger partial charge in [0.15, 0.2) is 0 Å². The van der Waals surface area contributed by atoms with Gasteiger partial charge in [0, 0.05) is 6.04 Å². The zero-order valence-electron chi connectivity index (χ0n) is 13.6. The number of rotatable bonds is 4. The minimum Gasteiger partial charge on any atom is -0.392 e. The zero-order chi connectivity index (χ0) is 16.5. The van der Waals surface area contributed by atoms with Crippen molar-refractivity contribution in [2.24, 2.45) is 11.7 Å². The highest BCUT2D eigenvalue weighted by molar-refractivity contribution is 5.74. The van der Waals surface area contributed by atoms with E-state index in [1.807, 2.05) is 18.2 Å². The number of aliphatic hydroxyl groups excluding tert-OH is 1. The predicted octanol–water partition coefficient (Wildman–Crippen LogP) is 4.23. The van der Waals surface area contributed by atoms with Gasteiger partial charge >= 0.3 is 0 Å². The fourth-order valence-corrected chi connectivity index (χ4v) is 2.28. The maximum absolute atomic E-state index is 9.20. The molecule has 0 saturated heterocycles. The van der Waals surface area contributed by atoms with Gasteiger partial charge in [0.05, 0.1) is 6.61 Å². The van der Waals surface area contributed by atoms with Crippen LogP contribution in [0.5, 0.6) is 0 Å². The Morgan fingerprint density at radius 1 is 1.32 bits per heavy atom. The first-order valence-corrected chi connectivity index (χ1v) is 7.64. The van der Waals surface area contributed by atoms with Crippen LogP contribution >= 0.6 is 0 Å². The first-order chi connectivity index (χ1) is 10.5. The Labute approximate surface area is 134 Å². The fraction of sp³-hybridized carbons (Fsp3) is 0.300. The standard InChI is InChI=1S/C16H21NO.C4H6/c1-11(2)13-6-7-16(17)15(9-13)14-5-3-4-12(8-14)10-18;1-3-4-2/h3-6,8-9,11,16,18H,7,10,17H2,1-2H3;3-4H,1-2H2. The highest BCUT2D eigenvalue weighted by atomic mass is 16.3. The second-order valence-electron chi connectivity index (χ2n) is 5.63. The van der Waals surface area contributed by atoms with E-state index in [4.69, 9.17) is 5.73 Å². The van der Waals surface area contributed by atoms with Crippen molar-refractivity contribution in [3.63, 3.8) is 0 Å². The van der Waals surface area contributed by atoms with E-state index in [2.05, 4.69) is 45.2 Å². The minimum atomic E-state index is 0.0569. The van der Waals surface area contributed by atoms with Gasteiger partial charge in [-0.1, -0.05) is 69.5 Å². The lowest BCUT2D eigenvalue weighted by atomic mass is 9.86. The third kappa shape index (κ3) is 5.14. The number of allylic oxidation sites excluding steroid dienone is 4. The molecule has 1 aliphatic carbocycles. The second-order valence-corrected chi connectivity index (χ2v) is 5.63. The number of benzene rings is 1. The van der Waals surface area contributed by atoms with Crippen LogP contribution in [0.4, 0.5) is 0 Å². The number of hydrogen-bond acceptors (Lipinski definition) is 2. The molecule has 3 N–H and O–H groups in total. The average Bonchev–Trinajstić information content (AvgIpc) is 2.55. The summed E-state index contributed by atoms with van der Waals surface area (Å²) >= 11 is 0. The molecule has 0 saturated carbocycles. The summed E-state index contributed by atoms with van der Waals surface area (Å²) in [6, 6.07) is 8.05. The van der Waals surface area contributed by atoms with Gasteiger partial charge in [0.1, 0.15) is 0 Å². The molecule has 0 spiro atoms. The van der Waals surface area contributed by atoms with Crippen LogP contribution in [0.3, 0.4) is 0 Å². The molecule has 1 aromatic carbocycles. The summed E-state index contributed by atoms with van der Waals surface area (Å²) in [5, 5.41) is 9.20. The Kier molecular flexibility index (Phi) is 7.58. The molecule has 0 heterocycles. The summed E-state index contributed by atoms with van der Waals surface area (Å²) in [4.78, 5) is 0. The maximum Gasteiger partial charge on any atom is 0.0682 e. The van der Waals surface area contributed by atoms with E-state index in [0.717, 1.165) is 17.5 Å². The van der Waals surface area contributed by atoms with Gasteiger partial charge in [0.25, 0.3) is 0 Å². The highest BCUT2D eigenvalue weighted by Gasteiger charge is 2.17. The quantitative estimate of drug-likeness (QED) is 0.817. The summed E-state index contributed by atoms with van der Waals surface area (Å²) < 4.78 is 0. The van der Waals surface area contributed by atoms with E-state index in [1.54, 1.807) is 12.2 Å². The average molecular weight is 297 g/mol. The molecule has 1 aliphatic rings. The Morgan fingerprint density at radius 2 is 2.00 bits per heavy atom.